The number of azo groups is 1. The second-order valence-corrected chi connectivity index (χ2v) is 5.70. The fraction of sp³-hybridized carbons (Fsp3) is 0.100. The molecule has 132 valence electrons. The van der Waals surface area contributed by atoms with E-state index in [-0.39, 0.29) is 11.8 Å². The Kier molecular flexibility index (Phi) is 6.16. The van der Waals surface area contributed by atoms with Crippen molar-refractivity contribution in [1.29, 1.82) is 0 Å². The topological polar surface area (TPSA) is 82.9 Å². The van der Waals surface area contributed by atoms with Crippen molar-refractivity contribution < 1.29 is 9.59 Å². The smallest absolute Gasteiger partial charge is 0.250 e. The van der Waals surface area contributed by atoms with Crippen molar-refractivity contribution in [2.24, 2.45) is 10.2 Å². The maximum atomic E-state index is 12.1. The maximum absolute atomic E-state index is 12.1. The molecule has 0 aromatic heterocycles. The summed E-state index contributed by atoms with van der Waals surface area (Å²) in [6, 6.07) is 14.3. The number of hydrogen-bond donors (Lipinski definition) is 2. The van der Waals surface area contributed by atoms with Crippen LogP contribution >= 0.6 is 0 Å². The SMILES string of the molecule is C=C(C)C(=O)Nc1cccc(N=Nc2ccccc2)c1NC(=O)C(=C)C. The summed E-state index contributed by atoms with van der Waals surface area (Å²) in [6.07, 6.45) is 0. The van der Waals surface area contributed by atoms with Crippen molar-refractivity contribution in [2.45, 2.75) is 13.8 Å². The van der Waals surface area contributed by atoms with E-state index >= 15 is 0 Å². The normalized spacial score (nSPS) is 10.4. The number of carbonyl (C=O) groups is 2. The summed E-state index contributed by atoms with van der Waals surface area (Å²) in [5.74, 6) is -0.730. The number of anilines is 2. The van der Waals surface area contributed by atoms with Gasteiger partial charge >= 0.3 is 0 Å². The molecule has 0 bridgehead atoms. The lowest BCUT2D eigenvalue weighted by molar-refractivity contribution is -0.113. The number of nitrogens with one attached hydrogen (secondary N) is 2. The van der Waals surface area contributed by atoms with Gasteiger partial charge in [-0.3, -0.25) is 9.59 Å². The lowest BCUT2D eigenvalue weighted by atomic mass is 10.2. The minimum atomic E-state index is -0.377. The van der Waals surface area contributed by atoms with Gasteiger partial charge in [0.15, 0.2) is 0 Å². The average molecular weight is 348 g/mol. The van der Waals surface area contributed by atoms with Crippen molar-refractivity contribution in [3.05, 3.63) is 72.8 Å². The third-order valence-corrected chi connectivity index (χ3v) is 3.33. The van der Waals surface area contributed by atoms with Gasteiger partial charge in [-0.15, -0.1) is 5.11 Å². The highest BCUT2D eigenvalue weighted by Gasteiger charge is 2.14. The molecule has 0 aliphatic rings. The van der Waals surface area contributed by atoms with Crippen LogP contribution in [0.4, 0.5) is 22.7 Å². The average Bonchev–Trinajstić information content (AvgIpc) is 2.62. The lowest BCUT2D eigenvalue weighted by Gasteiger charge is -2.14. The molecule has 0 unspecified atom stereocenters. The van der Waals surface area contributed by atoms with Gasteiger partial charge in [-0.2, -0.15) is 5.11 Å². The van der Waals surface area contributed by atoms with Gasteiger partial charge in [0.25, 0.3) is 11.8 Å². The summed E-state index contributed by atoms with van der Waals surface area (Å²) < 4.78 is 0. The number of amides is 2. The number of para-hydroxylation sites is 1. The maximum Gasteiger partial charge on any atom is 0.250 e. The molecule has 2 N–H and O–H groups in total. The number of nitrogens with zero attached hydrogens (tertiary/aromatic N) is 2. The molecule has 0 spiro atoms. The van der Waals surface area contributed by atoms with Gasteiger partial charge in [0, 0.05) is 11.1 Å². The van der Waals surface area contributed by atoms with Crippen molar-refractivity contribution in [1.82, 2.24) is 0 Å². The van der Waals surface area contributed by atoms with Gasteiger partial charge in [0.1, 0.15) is 5.69 Å². The van der Waals surface area contributed by atoms with E-state index in [1.165, 1.54) is 0 Å². The van der Waals surface area contributed by atoms with E-state index in [1.54, 1.807) is 32.0 Å². The number of carbonyl (C=O) groups excluding carboxylic acids is 2. The third-order valence-electron chi connectivity index (χ3n) is 3.33. The van der Waals surface area contributed by atoms with Gasteiger partial charge in [-0.1, -0.05) is 37.4 Å². The first-order valence-electron chi connectivity index (χ1n) is 7.92. The van der Waals surface area contributed by atoms with Crippen LogP contribution in [-0.4, -0.2) is 11.8 Å². The number of hydrogen-bond acceptors (Lipinski definition) is 4. The van der Waals surface area contributed by atoms with Gasteiger partial charge in [0.2, 0.25) is 0 Å². The highest BCUT2D eigenvalue weighted by atomic mass is 16.2. The summed E-state index contributed by atoms with van der Waals surface area (Å²) in [7, 11) is 0. The second kappa shape index (κ2) is 8.53. The zero-order chi connectivity index (χ0) is 19.1. The molecule has 2 amide bonds. The highest BCUT2D eigenvalue weighted by Crippen LogP contribution is 2.34. The minimum absolute atomic E-state index is 0.331. The van der Waals surface area contributed by atoms with Gasteiger partial charge < -0.3 is 10.6 Å². The Labute approximate surface area is 152 Å². The monoisotopic (exact) mass is 348 g/mol. The summed E-state index contributed by atoms with van der Waals surface area (Å²) in [4.78, 5) is 24.1. The van der Waals surface area contributed by atoms with Crippen molar-refractivity contribution in [3.8, 4) is 0 Å². The number of benzene rings is 2. The molecule has 0 heterocycles. The molecule has 0 saturated carbocycles. The van der Waals surface area contributed by atoms with Crippen LogP contribution in [0.3, 0.4) is 0 Å². The summed E-state index contributed by atoms with van der Waals surface area (Å²) in [5, 5.41) is 13.8. The Morgan fingerprint density at radius 2 is 1.42 bits per heavy atom. The largest absolute Gasteiger partial charge is 0.320 e. The van der Waals surface area contributed by atoms with Crippen LogP contribution < -0.4 is 10.6 Å². The quantitative estimate of drug-likeness (QED) is 0.560. The molecule has 0 atom stereocenters. The van der Waals surface area contributed by atoms with Crippen LogP contribution in [0.1, 0.15) is 13.8 Å². The molecule has 0 radical (unpaired) electrons. The molecular formula is C20H20N4O2. The Morgan fingerprint density at radius 3 is 2.04 bits per heavy atom. The first-order chi connectivity index (χ1) is 12.4. The fourth-order valence-electron chi connectivity index (χ4n) is 1.91. The fourth-order valence-corrected chi connectivity index (χ4v) is 1.91. The van der Waals surface area contributed by atoms with Crippen LogP contribution in [0.5, 0.6) is 0 Å². The molecular weight excluding hydrogens is 328 g/mol. The summed E-state index contributed by atoms with van der Waals surface area (Å²) >= 11 is 0. The standard InChI is InChI=1S/C20H20N4O2/c1-13(2)19(25)21-16-11-8-12-17(18(16)22-20(26)14(3)4)24-23-15-9-6-5-7-10-15/h5-12H,1,3H2,2,4H3,(H,21,25)(H,22,26). The predicted molar refractivity (Wildman–Crippen MR) is 104 cm³/mol. The zero-order valence-electron chi connectivity index (χ0n) is 14.7. The molecule has 6 nitrogen and oxygen atoms in total. The van der Waals surface area contributed by atoms with Crippen molar-refractivity contribution in [2.75, 3.05) is 10.6 Å². The Balaban J connectivity index is 2.43. The molecule has 6 heteroatoms. The van der Waals surface area contributed by atoms with E-state index in [1.807, 2.05) is 30.3 Å². The summed E-state index contributed by atoms with van der Waals surface area (Å²) in [5.41, 5.74) is 2.49. The molecule has 2 rings (SSSR count). The van der Waals surface area contributed by atoms with E-state index in [0.717, 1.165) is 0 Å². The highest BCUT2D eigenvalue weighted by molar-refractivity contribution is 6.10. The molecule has 0 saturated heterocycles. The lowest BCUT2D eigenvalue weighted by Crippen LogP contribution is -2.17. The minimum Gasteiger partial charge on any atom is -0.320 e. The molecule has 0 aliphatic carbocycles. The van der Waals surface area contributed by atoms with Crippen LogP contribution in [-0.2, 0) is 9.59 Å². The van der Waals surface area contributed by atoms with E-state index in [0.29, 0.717) is 33.9 Å². The van der Waals surface area contributed by atoms with Crippen LogP contribution in [0, 0.1) is 0 Å². The third kappa shape index (κ3) is 4.98. The first-order valence-corrected chi connectivity index (χ1v) is 7.92. The zero-order valence-corrected chi connectivity index (χ0v) is 14.7. The van der Waals surface area contributed by atoms with Crippen molar-refractivity contribution in [3.63, 3.8) is 0 Å². The van der Waals surface area contributed by atoms with Crippen molar-refractivity contribution >= 4 is 34.6 Å². The molecule has 26 heavy (non-hydrogen) atoms. The number of rotatable bonds is 6. The Morgan fingerprint density at radius 1 is 0.808 bits per heavy atom. The second-order valence-electron chi connectivity index (χ2n) is 5.70. The Hall–Kier alpha value is -3.54. The Bertz CT molecular complexity index is 886. The molecule has 0 fully saturated rings. The van der Waals surface area contributed by atoms with Gasteiger partial charge in [-0.25, -0.2) is 0 Å². The van der Waals surface area contributed by atoms with E-state index in [4.69, 9.17) is 0 Å². The predicted octanol–water partition coefficient (Wildman–Crippen LogP) is 5.13. The molecule has 2 aromatic carbocycles. The van der Waals surface area contributed by atoms with Gasteiger partial charge in [-0.05, 0) is 38.1 Å². The van der Waals surface area contributed by atoms with Crippen LogP contribution in [0.15, 0.2) is 83.1 Å². The first kappa shape index (κ1) is 18.8. The van der Waals surface area contributed by atoms with Crippen LogP contribution in [0.25, 0.3) is 0 Å². The molecule has 2 aromatic rings. The molecule has 0 aliphatic heterocycles. The van der Waals surface area contributed by atoms with E-state index in [2.05, 4.69) is 34.0 Å². The van der Waals surface area contributed by atoms with Gasteiger partial charge in [0.05, 0.1) is 17.1 Å². The summed E-state index contributed by atoms with van der Waals surface area (Å²) in [6.45, 7) is 10.4. The van der Waals surface area contributed by atoms with E-state index < -0.39 is 0 Å². The van der Waals surface area contributed by atoms with Crippen LogP contribution in [0.2, 0.25) is 0 Å². The van der Waals surface area contributed by atoms with E-state index in [9.17, 15) is 9.59 Å².